The van der Waals surface area contributed by atoms with Crippen molar-refractivity contribution in [1.82, 2.24) is 4.31 Å². The molecule has 0 radical (unpaired) electrons. The minimum Gasteiger partial charge on any atom is -0.497 e. The predicted octanol–water partition coefficient (Wildman–Crippen LogP) is 2.05. The van der Waals surface area contributed by atoms with E-state index in [1.807, 2.05) is 0 Å². The fourth-order valence-corrected chi connectivity index (χ4v) is 6.29. The number of fused-ring (bicyclic) bond motifs is 1. The van der Waals surface area contributed by atoms with Crippen LogP contribution in [0, 0.1) is 2.88 Å². The maximum atomic E-state index is 13.0. The van der Waals surface area contributed by atoms with Crippen molar-refractivity contribution >= 4 is 49.9 Å². The molecule has 7 nitrogen and oxygen atoms in total. The molecule has 2 heterocycles. The smallest absolute Gasteiger partial charge is 0.325 e. The normalized spacial score (nSPS) is 20.9. The summed E-state index contributed by atoms with van der Waals surface area (Å²) >= 11 is 3.33. The number of benzene rings is 1. The Kier molecular flexibility index (Phi) is 5.08. The highest BCUT2D eigenvalue weighted by Gasteiger charge is 2.46. The van der Waals surface area contributed by atoms with Crippen LogP contribution in [0.2, 0.25) is 0 Å². The second-order valence-electron chi connectivity index (χ2n) is 5.39. The molecule has 0 saturated carbocycles. The number of carboxylic acid groups (broad SMARTS) is 1. The number of hydrogen-bond donors (Lipinski definition) is 2. The molecule has 134 valence electrons. The molecule has 2 aromatic rings. The fraction of sp³-hybridized carbons (Fsp3) is 0.267. The van der Waals surface area contributed by atoms with Gasteiger partial charge in [-0.1, -0.05) is 0 Å². The molecule has 0 fully saturated rings. The summed E-state index contributed by atoms with van der Waals surface area (Å²) in [4.78, 5) is 12.1. The first-order valence-corrected chi connectivity index (χ1v) is 10.4. The van der Waals surface area contributed by atoms with E-state index < -0.39 is 28.1 Å². The summed E-state index contributed by atoms with van der Waals surface area (Å²) in [5.41, 5.74) is 0.622. The Morgan fingerprint density at radius 2 is 2.00 bits per heavy atom. The number of halogens is 1. The Morgan fingerprint density at radius 3 is 2.56 bits per heavy atom. The molecule has 1 aromatic heterocycles. The molecule has 1 aliphatic heterocycles. The Hall–Kier alpha value is -1.21. The van der Waals surface area contributed by atoms with E-state index in [1.165, 1.54) is 42.7 Å². The average molecular weight is 495 g/mol. The second-order valence-corrected chi connectivity index (χ2v) is 10.3. The summed E-state index contributed by atoms with van der Waals surface area (Å²) in [6.45, 7) is -0.1000. The van der Waals surface area contributed by atoms with Crippen LogP contribution in [0.15, 0.2) is 35.2 Å². The Morgan fingerprint density at radius 1 is 1.36 bits per heavy atom. The van der Waals surface area contributed by atoms with E-state index >= 15 is 0 Å². The van der Waals surface area contributed by atoms with E-state index in [0.717, 1.165) is 7.19 Å². The van der Waals surface area contributed by atoms with Crippen molar-refractivity contribution in [3.05, 3.63) is 43.7 Å². The highest BCUT2D eigenvalue weighted by molar-refractivity contribution is 14.1. The quantitative estimate of drug-likeness (QED) is 0.630. The van der Waals surface area contributed by atoms with Crippen molar-refractivity contribution in [2.45, 2.75) is 23.6 Å². The highest BCUT2D eigenvalue weighted by Crippen LogP contribution is 2.40. The van der Waals surface area contributed by atoms with Gasteiger partial charge in [-0.15, -0.1) is 11.3 Å². The highest BCUT2D eigenvalue weighted by atomic mass is 127. The van der Waals surface area contributed by atoms with E-state index in [0.29, 0.717) is 16.2 Å². The van der Waals surface area contributed by atoms with Crippen molar-refractivity contribution in [1.29, 1.82) is 0 Å². The predicted molar refractivity (Wildman–Crippen MR) is 99.1 cm³/mol. The number of carbonyl (C=O) groups is 1. The van der Waals surface area contributed by atoms with Crippen LogP contribution in [-0.2, 0) is 21.4 Å². The molecular formula is C15H14INO6S2. The molecule has 1 aromatic carbocycles. The molecule has 0 aliphatic carbocycles. The van der Waals surface area contributed by atoms with E-state index in [4.69, 9.17) is 4.74 Å². The standard InChI is InChI=1S/C15H14INO6S2/c1-23-9-2-4-10(5-3-9)25(21,22)17-7-8-6-11(16)24-14(8)13(18)12(17)15(19)20/h2-6,12-13,18H,7H2,1H3,(H,19,20)/t12-,13-/m1/s1. The third-order valence-electron chi connectivity index (χ3n) is 3.93. The van der Waals surface area contributed by atoms with Crippen LogP contribution in [0.4, 0.5) is 0 Å². The minimum atomic E-state index is -4.11. The van der Waals surface area contributed by atoms with Crippen LogP contribution in [0.3, 0.4) is 0 Å². The van der Waals surface area contributed by atoms with E-state index in [1.54, 1.807) is 6.07 Å². The first-order valence-electron chi connectivity index (χ1n) is 7.10. The van der Waals surface area contributed by atoms with E-state index in [-0.39, 0.29) is 11.4 Å². The van der Waals surface area contributed by atoms with Gasteiger partial charge in [0, 0.05) is 11.4 Å². The number of rotatable bonds is 4. The lowest BCUT2D eigenvalue weighted by atomic mass is 10.0. The third-order valence-corrected chi connectivity index (χ3v) is 7.78. The van der Waals surface area contributed by atoms with Gasteiger partial charge in [0.05, 0.1) is 14.9 Å². The lowest BCUT2D eigenvalue weighted by molar-refractivity contribution is -0.146. The number of hydrogen-bond acceptors (Lipinski definition) is 6. The molecule has 0 bridgehead atoms. The van der Waals surface area contributed by atoms with Gasteiger partial charge in [0.15, 0.2) is 6.04 Å². The molecule has 1 aliphatic rings. The largest absolute Gasteiger partial charge is 0.497 e. The summed E-state index contributed by atoms with van der Waals surface area (Å²) in [5.74, 6) is -0.902. The number of sulfonamides is 1. The number of thiophene rings is 1. The lowest BCUT2D eigenvalue weighted by Crippen LogP contribution is -2.50. The van der Waals surface area contributed by atoms with Crippen LogP contribution in [0.25, 0.3) is 0 Å². The van der Waals surface area contributed by atoms with Crippen LogP contribution < -0.4 is 4.74 Å². The minimum absolute atomic E-state index is 0.0554. The van der Waals surface area contributed by atoms with Crippen molar-refractivity contribution in [2.75, 3.05) is 7.11 Å². The SMILES string of the molecule is COc1ccc(S(=O)(=O)N2Cc3cc(I)sc3[C@H](O)[C@@H]2C(=O)O)cc1. The Balaban J connectivity index is 2.07. The average Bonchev–Trinajstić information content (AvgIpc) is 2.95. The molecule has 25 heavy (non-hydrogen) atoms. The zero-order valence-corrected chi connectivity index (χ0v) is 16.7. The maximum absolute atomic E-state index is 13.0. The van der Waals surface area contributed by atoms with Gasteiger partial charge in [-0.05, 0) is 58.5 Å². The van der Waals surface area contributed by atoms with Crippen molar-refractivity contribution in [3.8, 4) is 5.75 Å². The monoisotopic (exact) mass is 495 g/mol. The van der Waals surface area contributed by atoms with Crippen molar-refractivity contribution in [2.24, 2.45) is 0 Å². The number of aliphatic carboxylic acids is 1. The second kappa shape index (κ2) is 6.83. The third kappa shape index (κ3) is 3.28. The zero-order valence-electron chi connectivity index (χ0n) is 12.9. The van der Waals surface area contributed by atoms with Gasteiger partial charge in [-0.2, -0.15) is 4.31 Å². The Labute approximate surface area is 162 Å². The molecule has 2 atom stereocenters. The number of methoxy groups -OCH3 is 1. The molecule has 0 spiro atoms. The first-order chi connectivity index (χ1) is 11.8. The van der Waals surface area contributed by atoms with Crippen LogP contribution in [0.1, 0.15) is 16.5 Å². The van der Waals surface area contributed by atoms with Crippen molar-refractivity contribution < 1.29 is 28.2 Å². The molecule has 3 rings (SSSR count). The maximum Gasteiger partial charge on any atom is 0.325 e. The molecule has 0 amide bonds. The molecule has 10 heteroatoms. The van der Waals surface area contributed by atoms with Gasteiger partial charge in [-0.25, -0.2) is 8.42 Å². The van der Waals surface area contributed by atoms with Gasteiger partial charge in [0.2, 0.25) is 10.0 Å². The molecule has 0 unspecified atom stereocenters. The van der Waals surface area contributed by atoms with Gasteiger partial charge >= 0.3 is 5.97 Å². The van der Waals surface area contributed by atoms with Crippen LogP contribution >= 0.6 is 33.9 Å². The molecule has 0 saturated heterocycles. The number of aliphatic hydroxyl groups excluding tert-OH is 1. The Bertz CT molecular complexity index is 909. The molecule has 2 N–H and O–H groups in total. The van der Waals surface area contributed by atoms with Gasteiger partial charge in [-0.3, -0.25) is 4.79 Å². The number of nitrogens with zero attached hydrogens (tertiary/aromatic N) is 1. The summed E-state index contributed by atoms with van der Waals surface area (Å²) in [6.07, 6.45) is -1.41. The van der Waals surface area contributed by atoms with Gasteiger partial charge < -0.3 is 14.9 Å². The molecular weight excluding hydrogens is 481 g/mol. The van der Waals surface area contributed by atoms with Crippen LogP contribution in [0.5, 0.6) is 5.75 Å². The van der Waals surface area contributed by atoms with Gasteiger partial charge in [0.1, 0.15) is 11.9 Å². The van der Waals surface area contributed by atoms with E-state index in [2.05, 4.69) is 22.6 Å². The number of aliphatic hydroxyl groups is 1. The van der Waals surface area contributed by atoms with Crippen molar-refractivity contribution in [3.63, 3.8) is 0 Å². The number of carboxylic acids is 1. The van der Waals surface area contributed by atoms with Gasteiger partial charge in [0.25, 0.3) is 0 Å². The number of ether oxygens (including phenoxy) is 1. The summed E-state index contributed by atoms with van der Waals surface area (Å²) < 4.78 is 32.7. The summed E-state index contributed by atoms with van der Waals surface area (Å²) in [7, 11) is -2.65. The topological polar surface area (TPSA) is 104 Å². The summed E-state index contributed by atoms with van der Waals surface area (Å²) in [5, 5.41) is 20.0. The lowest BCUT2D eigenvalue weighted by Gasteiger charge is -2.35. The fourth-order valence-electron chi connectivity index (χ4n) is 2.72. The van der Waals surface area contributed by atoms with E-state index in [9.17, 15) is 23.4 Å². The zero-order chi connectivity index (χ0) is 18.4. The first kappa shape index (κ1) is 18.6. The van der Waals surface area contributed by atoms with Crippen LogP contribution in [-0.4, -0.2) is 42.1 Å². The summed E-state index contributed by atoms with van der Waals surface area (Å²) in [6, 6.07) is 5.87.